The predicted octanol–water partition coefficient (Wildman–Crippen LogP) is 6.52. The molecule has 2 heteroatoms. The average molecular weight is 325 g/mol. The summed E-state index contributed by atoms with van der Waals surface area (Å²) < 4.78 is 6.34. The van der Waals surface area contributed by atoms with E-state index in [-0.39, 0.29) is 22.4 Å². The van der Waals surface area contributed by atoms with Crippen molar-refractivity contribution in [1.82, 2.24) is 0 Å². The highest BCUT2D eigenvalue weighted by atomic mass is 16.6. The largest absolute Gasteiger partial charge is 0.458 e. The van der Waals surface area contributed by atoms with E-state index in [1.807, 2.05) is 0 Å². The van der Waals surface area contributed by atoms with Crippen LogP contribution in [0.15, 0.2) is 0 Å². The molecule has 0 aromatic carbocycles. The highest BCUT2D eigenvalue weighted by Crippen LogP contribution is 2.43. The van der Waals surface area contributed by atoms with Gasteiger partial charge in [-0.3, -0.25) is 4.79 Å². The molecule has 0 aromatic rings. The quantitative estimate of drug-likeness (QED) is 0.498. The molecule has 0 radical (unpaired) electrons. The summed E-state index contributed by atoms with van der Waals surface area (Å²) in [6.07, 6.45) is 9.96. The second kappa shape index (κ2) is 8.03. The van der Waals surface area contributed by atoms with Gasteiger partial charge >= 0.3 is 5.97 Å². The Bertz CT molecular complexity index is 370. The van der Waals surface area contributed by atoms with Gasteiger partial charge in [0.2, 0.25) is 0 Å². The average Bonchev–Trinajstić information content (AvgIpc) is 2.51. The lowest BCUT2D eigenvalue weighted by Gasteiger charge is -2.44. The minimum Gasteiger partial charge on any atom is -0.458 e. The monoisotopic (exact) mass is 324 g/mol. The number of carbonyl (C=O) groups excluding carboxylic acids is 1. The number of carbonyl (C=O) groups is 1. The summed E-state index contributed by atoms with van der Waals surface area (Å²) >= 11 is 0. The summed E-state index contributed by atoms with van der Waals surface area (Å²) in [6.45, 7) is 15.2. The molecule has 0 heterocycles. The van der Waals surface area contributed by atoms with Gasteiger partial charge in [0, 0.05) is 0 Å². The van der Waals surface area contributed by atoms with Gasteiger partial charge in [-0.25, -0.2) is 0 Å². The normalized spacial score (nSPS) is 20.1. The third-order valence-electron chi connectivity index (χ3n) is 6.04. The fraction of sp³-hybridized carbons (Fsp3) is 0.952. The molecule has 2 nitrogen and oxygen atoms in total. The van der Waals surface area contributed by atoms with Crippen LogP contribution >= 0.6 is 0 Å². The summed E-state index contributed by atoms with van der Waals surface area (Å²) in [7, 11) is 0. The van der Waals surface area contributed by atoms with Crippen LogP contribution in [0.25, 0.3) is 0 Å². The van der Waals surface area contributed by atoms with Crippen molar-refractivity contribution in [1.29, 1.82) is 0 Å². The molecule has 1 aliphatic carbocycles. The third-order valence-corrected chi connectivity index (χ3v) is 6.04. The van der Waals surface area contributed by atoms with E-state index in [1.54, 1.807) is 0 Å². The first-order chi connectivity index (χ1) is 10.6. The molecule has 0 bridgehead atoms. The van der Waals surface area contributed by atoms with Crippen molar-refractivity contribution in [3.8, 4) is 0 Å². The van der Waals surface area contributed by atoms with Crippen LogP contribution in [0.4, 0.5) is 0 Å². The molecule has 0 N–H and O–H groups in total. The minimum atomic E-state index is -0.373. The Kier molecular flexibility index (Phi) is 7.16. The fourth-order valence-corrected chi connectivity index (χ4v) is 4.50. The van der Waals surface area contributed by atoms with E-state index in [0.717, 1.165) is 25.7 Å². The summed E-state index contributed by atoms with van der Waals surface area (Å²) in [5.41, 5.74) is -0.482. The van der Waals surface area contributed by atoms with Gasteiger partial charge in [-0.1, -0.05) is 60.8 Å². The Balaban J connectivity index is 2.95. The first-order valence-corrected chi connectivity index (χ1v) is 9.86. The molecular formula is C21H40O2. The number of hydrogen-bond acceptors (Lipinski definition) is 2. The van der Waals surface area contributed by atoms with Crippen LogP contribution in [0.3, 0.4) is 0 Å². The molecule has 1 rings (SSSR count). The molecule has 1 saturated carbocycles. The lowest BCUT2D eigenvalue weighted by molar-refractivity contribution is -0.183. The van der Waals surface area contributed by atoms with Crippen molar-refractivity contribution in [3.63, 3.8) is 0 Å². The molecule has 0 spiro atoms. The molecule has 136 valence electrons. The molecule has 1 fully saturated rings. The molecular weight excluding hydrogens is 284 g/mol. The van der Waals surface area contributed by atoms with Crippen LogP contribution in [-0.2, 0) is 9.53 Å². The van der Waals surface area contributed by atoms with Crippen molar-refractivity contribution in [2.45, 2.75) is 112 Å². The van der Waals surface area contributed by atoms with Gasteiger partial charge in [-0.15, -0.1) is 0 Å². The third kappa shape index (κ3) is 5.22. The summed E-state index contributed by atoms with van der Waals surface area (Å²) in [4.78, 5) is 13.1. The van der Waals surface area contributed by atoms with Crippen LogP contribution in [0.2, 0.25) is 0 Å². The minimum absolute atomic E-state index is 0.0317. The number of hydrogen-bond donors (Lipinski definition) is 0. The van der Waals surface area contributed by atoms with Gasteiger partial charge in [0.1, 0.15) is 5.60 Å². The molecule has 1 unspecified atom stereocenters. The van der Waals surface area contributed by atoms with E-state index in [9.17, 15) is 4.79 Å². The molecule has 23 heavy (non-hydrogen) atoms. The maximum Gasteiger partial charge on any atom is 0.312 e. The Morgan fingerprint density at radius 3 is 1.83 bits per heavy atom. The van der Waals surface area contributed by atoms with Crippen molar-refractivity contribution < 1.29 is 9.53 Å². The van der Waals surface area contributed by atoms with Gasteiger partial charge < -0.3 is 4.74 Å². The van der Waals surface area contributed by atoms with Gasteiger partial charge in [0.15, 0.2) is 0 Å². The molecule has 1 atom stereocenters. The standard InChI is InChI=1S/C21H40O2/c1-8-20(7,16-19(4,5)6)18(22)23-21(9-2,10-3)17-14-12-11-13-15-17/h17H,8-16H2,1-7H3. The molecule has 1 aliphatic rings. The lowest BCUT2D eigenvalue weighted by atomic mass is 9.72. The second-order valence-corrected chi connectivity index (χ2v) is 9.15. The van der Waals surface area contributed by atoms with Crippen LogP contribution in [-0.4, -0.2) is 11.6 Å². The molecule has 0 saturated heterocycles. The Labute approximate surface area is 144 Å². The van der Waals surface area contributed by atoms with E-state index in [4.69, 9.17) is 4.74 Å². The summed E-state index contributed by atoms with van der Waals surface area (Å²) in [6, 6.07) is 0. The second-order valence-electron chi connectivity index (χ2n) is 9.15. The van der Waals surface area contributed by atoms with E-state index in [1.165, 1.54) is 32.1 Å². The smallest absolute Gasteiger partial charge is 0.312 e. The zero-order chi connectivity index (χ0) is 17.7. The zero-order valence-corrected chi connectivity index (χ0v) is 16.8. The Morgan fingerprint density at radius 1 is 0.913 bits per heavy atom. The van der Waals surface area contributed by atoms with Crippen LogP contribution < -0.4 is 0 Å². The van der Waals surface area contributed by atoms with E-state index in [0.29, 0.717) is 5.92 Å². The fourth-order valence-electron chi connectivity index (χ4n) is 4.50. The first kappa shape index (κ1) is 20.5. The molecule has 0 amide bonds. The number of esters is 1. The van der Waals surface area contributed by atoms with Gasteiger partial charge in [-0.2, -0.15) is 0 Å². The van der Waals surface area contributed by atoms with E-state index >= 15 is 0 Å². The molecule has 0 aromatic heterocycles. The maximum absolute atomic E-state index is 13.1. The van der Waals surface area contributed by atoms with Crippen molar-refractivity contribution in [2.24, 2.45) is 16.7 Å². The summed E-state index contributed by atoms with van der Waals surface area (Å²) in [5, 5.41) is 0. The van der Waals surface area contributed by atoms with Crippen molar-refractivity contribution >= 4 is 5.97 Å². The van der Waals surface area contributed by atoms with Gasteiger partial charge in [-0.05, 0) is 56.8 Å². The van der Waals surface area contributed by atoms with E-state index in [2.05, 4.69) is 48.5 Å². The zero-order valence-electron chi connectivity index (χ0n) is 16.8. The highest BCUT2D eigenvalue weighted by Gasteiger charge is 2.45. The van der Waals surface area contributed by atoms with Gasteiger partial charge in [0.05, 0.1) is 5.41 Å². The first-order valence-electron chi connectivity index (χ1n) is 9.86. The number of ether oxygens (including phenoxy) is 1. The van der Waals surface area contributed by atoms with Crippen LogP contribution in [0, 0.1) is 16.7 Å². The number of rotatable bonds is 7. The SMILES string of the molecule is CCC(C)(CC(C)(C)C)C(=O)OC(CC)(CC)C1CCCCC1. The van der Waals surface area contributed by atoms with Gasteiger partial charge in [0.25, 0.3) is 0 Å². The van der Waals surface area contributed by atoms with Crippen molar-refractivity contribution in [3.05, 3.63) is 0 Å². The van der Waals surface area contributed by atoms with Crippen LogP contribution in [0.1, 0.15) is 106 Å². The maximum atomic E-state index is 13.1. The lowest BCUT2D eigenvalue weighted by Crippen LogP contribution is -2.46. The molecule has 0 aliphatic heterocycles. The van der Waals surface area contributed by atoms with E-state index < -0.39 is 0 Å². The topological polar surface area (TPSA) is 26.3 Å². The predicted molar refractivity (Wildman–Crippen MR) is 98.5 cm³/mol. The highest BCUT2D eigenvalue weighted by molar-refractivity contribution is 5.77. The Morgan fingerprint density at radius 2 is 1.43 bits per heavy atom. The van der Waals surface area contributed by atoms with Crippen LogP contribution in [0.5, 0.6) is 0 Å². The summed E-state index contributed by atoms with van der Waals surface area (Å²) in [5.74, 6) is 0.579. The Hall–Kier alpha value is -0.530. The van der Waals surface area contributed by atoms with Crippen molar-refractivity contribution in [2.75, 3.05) is 0 Å².